The number of fused-ring (bicyclic) bond motifs is 2. The Morgan fingerprint density at radius 2 is 1.84 bits per heavy atom. The van der Waals surface area contributed by atoms with Gasteiger partial charge in [0.25, 0.3) is 5.91 Å². The highest BCUT2D eigenvalue weighted by atomic mass is 16.2. The largest absolute Gasteiger partial charge is 0.342 e. The molecular formula is C25H28N6O. The molecule has 32 heavy (non-hydrogen) atoms. The Hall–Kier alpha value is -3.22. The number of hydrogen-bond donors (Lipinski definition) is 1. The molecule has 6 rings (SSSR count). The molecule has 2 fully saturated rings. The number of H-pyrrole nitrogens is 1. The Morgan fingerprint density at radius 1 is 1.06 bits per heavy atom. The van der Waals surface area contributed by atoms with Crippen LogP contribution in [0.1, 0.15) is 79.3 Å². The van der Waals surface area contributed by atoms with Gasteiger partial charge in [0.15, 0.2) is 5.65 Å². The van der Waals surface area contributed by atoms with E-state index in [-0.39, 0.29) is 11.9 Å². The van der Waals surface area contributed by atoms with E-state index in [0.717, 1.165) is 77.9 Å². The van der Waals surface area contributed by atoms with Gasteiger partial charge in [0.1, 0.15) is 5.82 Å². The second-order valence-electron chi connectivity index (χ2n) is 9.49. The predicted molar refractivity (Wildman–Crippen MR) is 124 cm³/mol. The van der Waals surface area contributed by atoms with Crippen LogP contribution in [0.5, 0.6) is 0 Å². The molecule has 0 spiro atoms. The molecule has 1 saturated heterocycles. The summed E-state index contributed by atoms with van der Waals surface area (Å²) in [5.41, 5.74) is 4.72. The monoisotopic (exact) mass is 428 g/mol. The first-order valence-electron chi connectivity index (χ1n) is 11.7. The molecule has 4 heterocycles. The predicted octanol–water partition coefficient (Wildman–Crippen LogP) is 4.79. The molecule has 0 atom stereocenters. The van der Waals surface area contributed by atoms with Crippen LogP contribution in [0.15, 0.2) is 36.5 Å². The van der Waals surface area contributed by atoms with E-state index in [1.807, 2.05) is 40.0 Å². The minimum Gasteiger partial charge on any atom is -0.342 e. The summed E-state index contributed by atoms with van der Waals surface area (Å²) in [6, 6.07) is 10.4. The van der Waals surface area contributed by atoms with Crippen molar-refractivity contribution < 1.29 is 4.79 Å². The van der Waals surface area contributed by atoms with Crippen LogP contribution in [-0.2, 0) is 0 Å². The van der Waals surface area contributed by atoms with E-state index in [1.165, 1.54) is 0 Å². The summed E-state index contributed by atoms with van der Waals surface area (Å²) in [6.07, 6.45) is 5.96. The molecule has 164 valence electrons. The molecule has 1 saturated carbocycles. The lowest BCUT2D eigenvalue weighted by atomic mass is 9.95. The van der Waals surface area contributed by atoms with E-state index in [4.69, 9.17) is 9.97 Å². The second-order valence-corrected chi connectivity index (χ2v) is 9.49. The molecule has 1 aliphatic heterocycles. The number of likely N-dealkylation sites (tertiary alicyclic amines) is 1. The average molecular weight is 429 g/mol. The quantitative estimate of drug-likeness (QED) is 0.507. The molecule has 0 unspecified atom stereocenters. The lowest BCUT2D eigenvalue weighted by molar-refractivity contribution is 0.0713. The van der Waals surface area contributed by atoms with Crippen LogP contribution in [-0.4, -0.2) is 48.6 Å². The van der Waals surface area contributed by atoms with Crippen molar-refractivity contribution in [1.82, 2.24) is 29.6 Å². The Morgan fingerprint density at radius 3 is 2.56 bits per heavy atom. The number of benzene rings is 1. The third-order valence-electron chi connectivity index (χ3n) is 6.88. The number of para-hydroxylation sites is 2. The Labute approximate surface area is 186 Å². The van der Waals surface area contributed by atoms with Gasteiger partial charge in [-0.3, -0.25) is 4.79 Å². The van der Waals surface area contributed by atoms with Crippen molar-refractivity contribution in [3.05, 3.63) is 53.6 Å². The van der Waals surface area contributed by atoms with Crippen LogP contribution in [0.2, 0.25) is 0 Å². The SMILES string of the molecule is CC(C)n1ncc2c(C(=O)N3CCC(c4nc5ccccc5[nH]4)CC3)cc(C3CC3)nc21. The Kier molecular flexibility index (Phi) is 4.52. The molecule has 7 heteroatoms. The van der Waals surface area contributed by atoms with Crippen molar-refractivity contribution in [2.45, 2.75) is 57.4 Å². The minimum atomic E-state index is 0.102. The van der Waals surface area contributed by atoms with Crippen LogP contribution in [0.25, 0.3) is 22.1 Å². The fourth-order valence-corrected chi connectivity index (χ4v) is 4.87. The summed E-state index contributed by atoms with van der Waals surface area (Å²) in [7, 11) is 0. The average Bonchev–Trinajstić information content (AvgIpc) is 3.42. The molecule has 1 aromatic carbocycles. The van der Waals surface area contributed by atoms with E-state index < -0.39 is 0 Å². The summed E-state index contributed by atoms with van der Waals surface area (Å²) < 4.78 is 1.94. The van der Waals surface area contributed by atoms with Gasteiger partial charge in [-0.25, -0.2) is 14.6 Å². The van der Waals surface area contributed by atoms with Gasteiger partial charge in [-0.1, -0.05) is 12.1 Å². The summed E-state index contributed by atoms with van der Waals surface area (Å²) >= 11 is 0. The van der Waals surface area contributed by atoms with E-state index in [1.54, 1.807) is 0 Å². The highest BCUT2D eigenvalue weighted by Gasteiger charge is 2.31. The van der Waals surface area contributed by atoms with Gasteiger partial charge in [-0.2, -0.15) is 5.10 Å². The second kappa shape index (κ2) is 7.43. The van der Waals surface area contributed by atoms with Crippen molar-refractivity contribution in [3.8, 4) is 0 Å². The summed E-state index contributed by atoms with van der Waals surface area (Å²) in [6.45, 7) is 5.67. The summed E-state index contributed by atoms with van der Waals surface area (Å²) in [5, 5.41) is 5.42. The molecular weight excluding hydrogens is 400 g/mol. The maximum atomic E-state index is 13.6. The van der Waals surface area contributed by atoms with Crippen LogP contribution in [0.4, 0.5) is 0 Å². The van der Waals surface area contributed by atoms with Gasteiger partial charge in [-0.15, -0.1) is 0 Å². The fourth-order valence-electron chi connectivity index (χ4n) is 4.87. The summed E-state index contributed by atoms with van der Waals surface area (Å²) in [5.74, 6) is 1.99. The number of imidazole rings is 1. The van der Waals surface area contributed by atoms with Crippen LogP contribution in [0, 0.1) is 0 Å². The van der Waals surface area contributed by atoms with Crippen molar-refractivity contribution in [3.63, 3.8) is 0 Å². The topological polar surface area (TPSA) is 79.7 Å². The lowest BCUT2D eigenvalue weighted by Gasteiger charge is -2.31. The maximum absolute atomic E-state index is 13.6. The highest BCUT2D eigenvalue weighted by molar-refractivity contribution is 6.05. The van der Waals surface area contributed by atoms with Gasteiger partial charge >= 0.3 is 0 Å². The third-order valence-corrected chi connectivity index (χ3v) is 6.88. The van der Waals surface area contributed by atoms with Gasteiger partial charge in [-0.05, 0) is 57.7 Å². The molecule has 1 aliphatic carbocycles. The lowest BCUT2D eigenvalue weighted by Crippen LogP contribution is -2.38. The first-order chi connectivity index (χ1) is 15.6. The number of piperidine rings is 1. The number of nitrogens with zero attached hydrogens (tertiary/aromatic N) is 5. The zero-order chi connectivity index (χ0) is 21.8. The number of aromatic nitrogens is 5. The Bertz CT molecular complexity index is 1270. The highest BCUT2D eigenvalue weighted by Crippen LogP contribution is 2.40. The number of nitrogens with one attached hydrogen (secondary N) is 1. The molecule has 3 aromatic heterocycles. The van der Waals surface area contributed by atoms with Crippen LogP contribution < -0.4 is 0 Å². The zero-order valence-electron chi connectivity index (χ0n) is 18.6. The smallest absolute Gasteiger partial charge is 0.254 e. The Balaban J connectivity index is 1.26. The van der Waals surface area contributed by atoms with E-state index in [2.05, 4.69) is 30.0 Å². The first-order valence-corrected chi connectivity index (χ1v) is 11.7. The molecule has 1 amide bonds. The van der Waals surface area contributed by atoms with Crippen molar-refractivity contribution in [1.29, 1.82) is 0 Å². The molecule has 0 radical (unpaired) electrons. The molecule has 4 aromatic rings. The van der Waals surface area contributed by atoms with E-state index >= 15 is 0 Å². The number of pyridine rings is 1. The normalized spacial score (nSPS) is 17.7. The van der Waals surface area contributed by atoms with Gasteiger partial charge in [0.2, 0.25) is 0 Å². The fraction of sp³-hybridized carbons (Fsp3) is 0.440. The molecule has 0 bridgehead atoms. The number of amides is 1. The number of aromatic amines is 1. The van der Waals surface area contributed by atoms with Crippen molar-refractivity contribution >= 4 is 28.0 Å². The molecule has 2 aliphatic rings. The number of hydrogen-bond acceptors (Lipinski definition) is 4. The number of rotatable bonds is 4. The molecule has 1 N–H and O–H groups in total. The van der Waals surface area contributed by atoms with Gasteiger partial charge in [0, 0.05) is 36.7 Å². The van der Waals surface area contributed by atoms with Crippen molar-refractivity contribution in [2.75, 3.05) is 13.1 Å². The number of carbonyl (C=O) groups excluding carboxylic acids is 1. The van der Waals surface area contributed by atoms with E-state index in [9.17, 15) is 4.79 Å². The minimum absolute atomic E-state index is 0.102. The molecule has 7 nitrogen and oxygen atoms in total. The summed E-state index contributed by atoms with van der Waals surface area (Å²) in [4.78, 5) is 28.8. The standard InChI is InChI=1S/C25H28N6O/c1-15(2)31-24-19(14-26-31)18(13-22(29-24)16-7-8-16)25(32)30-11-9-17(10-12-30)23-27-20-5-3-4-6-21(20)28-23/h3-6,13-17H,7-12H2,1-2H3,(H,27,28). The maximum Gasteiger partial charge on any atom is 0.254 e. The van der Waals surface area contributed by atoms with Crippen molar-refractivity contribution in [2.24, 2.45) is 0 Å². The van der Waals surface area contributed by atoms with E-state index in [0.29, 0.717) is 11.8 Å². The van der Waals surface area contributed by atoms with Crippen LogP contribution in [0.3, 0.4) is 0 Å². The van der Waals surface area contributed by atoms with Crippen LogP contribution >= 0.6 is 0 Å². The van der Waals surface area contributed by atoms with Gasteiger partial charge < -0.3 is 9.88 Å². The third kappa shape index (κ3) is 3.27. The van der Waals surface area contributed by atoms with Gasteiger partial charge in [0.05, 0.1) is 28.2 Å². The first kappa shape index (κ1) is 19.5. The zero-order valence-corrected chi connectivity index (χ0v) is 18.6. The number of carbonyl (C=O) groups is 1.